The summed E-state index contributed by atoms with van der Waals surface area (Å²) in [6, 6.07) is -0.627. The maximum atomic E-state index is 12.2. The molecule has 0 aliphatic carbocycles. The van der Waals surface area contributed by atoms with Gasteiger partial charge in [0.2, 0.25) is 5.91 Å². The van der Waals surface area contributed by atoms with Crippen molar-refractivity contribution in [2.75, 3.05) is 6.61 Å². The van der Waals surface area contributed by atoms with Crippen molar-refractivity contribution >= 4 is 5.91 Å². The zero-order valence-electron chi connectivity index (χ0n) is 24.0. The van der Waals surface area contributed by atoms with Crippen molar-refractivity contribution in [2.24, 2.45) is 0 Å². The summed E-state index contributed by atoms with van der Waals surface area (Å²) in [5.74, 6) is -0.0891. The van der Waals surface area contributed by atoms with Gasteiger partial charge in [-0.15, -0.1) is 0 Å². The van der Waals surface area contributed by atoms with E-state index in [4.69, 9.17) is 0 Å². The van der Waals surface area contributed by atoms with Gasteiger partial charge in [0.25, 0.3) is 0 Å². The summed E-state index contributed by atoms with van der Waals surface area (Å²) < 4.78 is 0. The first-order valence-corrected chi connectivity index (χ1v) is 15.0. The molecular formula is C33H57NO3. The Hall–Kier alpha value is -1.91. The molecule has 0 radical (unpaired) electrons. The first kappa shape index (κ1) is 35.1. The minimum Gasteiger partial charge on any atom is -0.394 e. The number of carbonyl (C=O) groups excluding carboxylic acids is 1. The highest BCUT2D eigenvalue weighted by molar-refractivity contribution is 5.76. The fraction of sp³-hybridized carbons (Fsp3) is 0.667. The second-order valence-corrected chi connectivity index (χ2v) is 9.79. The Bertz CT molecular complexity index is 648. The molecule has 37 heavy (non-hydrogen) atoms. The number of hydrogen-bond acceptors (Lipinski definition) is 3. The third kappa shape index (κ3) is 25.5. The van der Waals surface area contributed by atoms with Crippen molar-refractivity contribution in [3.8, 4) is 0 Å². The van der Waals surface area contributed by atoms with Crippen molar-refractivity contribution in [1.29, 1.82) is 0 Å². The molecule has 0 heterocycles. The molecular weight excluding hydrogens is 458 g/mol. The number of hydrogen-bond donors (Lipinski definition) is 3. The smallest absolute Gasteiger partial charge is 0.220 e. The summed E-state index contributed by atoms with van der Waals surface area (Å²) in [6.45, 7) is 4.08. The van der Waals surface area contributed by atoms with Gasteiger partial charge >= 0.3 is 0 Å². The van der Waals surface area contributed by atoms with Gasteiger partial charge in [0.1, 0.15) is 0 Å². The minimum absolute atomic E-state index is 0.0891. The topological polar surface area (TPSA) is 69.6 Å². The average Bonchev–Trinajstić information content (AvgIpc) is 2.90. The van der Waals surface area contributed by atoms with Gasteiger partial charge in [-0.1, -0.05) is 120 Å². The van der Waals surface area contributed by atoms with Gasteiger partial charge < -0.3 is 15.5 Å². The van der Waals surface area contributed by atoms with Gasteiger partial charge in [-0.05, 0) is 57.8 Å². The summed E-state index contributed by atoms with van der Waals surface area (Å²) in [4.78, 5) is 12.2. The van der Waals surface area contributed by atoms with Gasteiger partial charge in [0.15, 0.2) is 0 Å². The van der Waals surface area contributed by atoms with Crippen LogP contribution in [0.3, 0.4) is 0 Å². The fourth-order valence-electron chi connectivity index (χ4n) is 3.93. The van der Waals surface area contributed by atoms with Crippen LogP contribution in [0.1, 0.15) is 123 Å². The first-order valence-electron chi connectivity index (χ1n) is 15.0. The van der Waals surface area contributed by atoms with Crippen LogP contribution in [-0.2, 0) is 4.79 Å². The lowest BCUT2D eigenvalue weighted by molar-refractivity contribution is -0.123. The van der Waals surface area contributed by atoms with Gasteiger partial charge in [0.05, 0.1) is 18.8 Å². The van der Waals surface area contributed by atoms with Crippen molar-refractivity contribution in [3.05, 3.63) is 60.8 Å². The summed E-state index contributed by atoms with van der Waals surface area (Å²) in [6.07, 6.45) is 38.8. The molecule has 0 aromatic carbocycles. The van der Waals surface area contributed by atoms with Crippen LogP contribution in [0.5, 0.6) is 0 Å². The Morgan fingerprint density at radius 2 is 1.19 bits per heavy atom. The summed E-state index contributed by atoms with van der Waals surface area (Å²) in [5, 5.41) is 22.5. The predicted octanol–water partition coefficient (Wildman–Crippen LogP) is 8.28. The van der Waals surface area contributed by atoms with Crippen molar-refractivity contribution in [1.82, 2.24) is 5.32 Å². The summed E-state index contributed by atoms with van der Waals surface area (Å²) >= 11 is 0. The van der Waals surface area contributed by atoms with Crippen LogP contribution in [0, 0.1) is 0 Å². The normalized spacial score (nSPS) is 14.2. The third-order valence-corrected chi connectivity index (χ3v) is 6.26. The largest absolute Gasteiger partial charge is 0.394 e. The van der Waals surface area contributed by atoms with Crippen molar-refractivity contribution < 1.29 is 15.0 Å². The molecule has 0 fully saturated rings. The second-order valence-electron chi connectivity index (χ2n) is 9.79. The number of unbranched alkanes of at least 4 members (excludes halogenated alkanes) is 10. The van der Waals surface area contributed by atoms with E-state index in [1.54, 1.807) is 6.08 Å². The summed E-state index contributed by atoms with van der Waals surface area (Å²) in [7, 11) is 0. The van der Waals surface area contributed by atoms with Crippen molar-refractivity contribution in [2.45, 2.75) is 135 Å². The highest BCUT2D eigenvalue weighted by atomic mass is 16.3. The molecule has 0 saturated heterocycles. The molecule has 3 N–H and O–H groups in total. The quantitative estimate of drug-likeness (QED) is 0.0846. The van der Waals surface area contributed by atoms with E-state index in [9.17, 15) is 15.0 Å². The number of aliphatic hydroxyl groups excluding tert-OH is 2. The van der Waals surface area contributed by atoms with E-state index in [1.807, 2.05) is 6.08 Å². The van der Waals surface area contributed by atoms with E-state index in [2.05, 4.69) is 67.8 Å². The van der Waals surface area contributed by atoms with Gasteiger partial charge in [-0.2, -0.15) is 0 Å². The maximum Gasteiger partial charge on any atom is 0.220 e. The Labute approximate surface area is 228 Å². The number of allylic oxidation sites excluding steroid dienone is 9. The Morgan fingerprint density at radius 1 is 0.676 bits per heavy atom. The zero-order valence-corrected chi connectivity index (χ0v) is 24.0. The molecule has 2 unspecified atom stereocenters. The molecule has 0 rings (SSSR count). The van der Waals surface area contributed by atoms with Crippen LogP contribution >= 0.6 is 0 Å². The van der Waals surface area contributed by atoms with Crippen LogP contribution in [0.4, 0.5) is 0 Å². The predicted molar refractivity (Wildman–Crippen MR) is 161 cm³/mol. The third-order valence-electron chi connectivity index (χ3n) is 6.26. The lowest BCUT2D eigenvalue weighted by Gasteiger charge is -2.20. The van der Waals surface area contributed by atoms with Crippen LogP contribution in [0.25, 0.3) is 0 Å². The number of nitrogens with one attached hydrogen (secondary N) is 1. The lowest BCUT2D eigenvalue weighted by atomic mass is 10.1. The number of amides is 1. The molecule has 0 aliphatic heterocycles. The first-order chi connectivity index (χ1) is 18.2. The molecule has 4 heteroatoms. The molecule has 1 amide bonds. The standard InChI is InChI=1S/C33H57NO3/c1-3-5-7-9-11-12-13-14-15-16-17-18-19-20-21-22-23-25-27-29-33(37)34-31(30-35)32(36)28-26-24-10-8-6-4-2/h5,7,11-12,14-15,17-18,26,28,31-32,35-36H,3-4,6,8-10,13,16,19-25,27,29-30H2,1-2H3,(H,34,37)/b7-5-,12-11-,15-14-,18-17-,28-26+. The van der Waals surface area contributed by atoms with Crippen LogP contribution in [0.2, 0.25) is 0 Å². The molecule has 0 bridgehead atoms. The monoisotopic (exact) mass is 515 g/mol. The van der Waals surface area contributed by atoms with E-state index in [-0.39, 0.29) is 12.5 Å². The van der Waals surface area contributed by atoms with Gasteiger partial charge in [0, 0.05) is 6.42 Å². The molecule has 2 atom stereocenters. The highest BCUT2D eigenvalue weighted by Crippen LogP contribution is 2.10. The van der Waals surface area contributed by atoms with Gasteiger partial charge in [-0.25, -0.2) is 0 Å². The molecule has 4 nitrogen and oxygen atoms in total. The summed E-state index contributed by atoms with van der Waals surface area (Å²) in [5.41, 5.74) is 0. The fourth-order valence-corrected chi connectivity index (χ4v) is 3.93. The Morgan fingerprint density at radius 3 is 1.78 bits per heavy atom. The number of carbonyl (C=O) groups is 1. The molecule has 0 aliphatic rings. The molecule has 0 aromatic heterocycles. The average molecular weight is 516 g/mol. The second kappa shape index (κ2) is 28.7. The Kier molecular flexibility index (Phi) is 27.2. The maximum absolute atomic E-state index is 12.2. The molecule has 212 valence electrons. The zero-order chi connectivity index (χ0) is 27.2. The SMILES string of the molecule is CC/C=C\C/C=C\C/C=C\C/C=C\CCCCCCCCC(=O)NC(CO)C(O)/C=C/CCCCCC. The van der Waals surface area contributed by atoms with E-state index in [0.717, 1.165) is 64.2 Å². The van der Waals surface area contributed by atoms with Crippen LogP contribution in [0.15, 0.2) is 60.8 Å². The molecule has 0 saturated carbocycles. The Balaban J connectivity index is 3.68. The molecule has 0 aromatic rings. The number of rotatable bonds is 25. The molecule has 0 spiro atoms. The minimum atomic E-state index is -0.842. The van der Waals surface area contributed by atoms with E-state index < -0.39 is 12.1 Å². The van der Waals surface area contributed by atoms with E-state index in [1.165, 1.54) is 38.5 Å². The highest BCUT2D eigenvalue weighted by Gasteiger charge is 2.17. The van der Waals surface area contributed by atoms with Crippen LogP contribution in [-0.4, -0.2) is 34.9 Å². The van der Waals surface area contributed by atoms with Crippen LogP contribution < -0.4 is 5.32 Å². The van der Waals surface area contributed by atoms with Gasteiger partial charge in [-0.3, -0.25) is 4.79 Å². The van der Waals surface area contributed by atoms with E-state index >= 15 is 0 Å². The lowest BCUT2D eigenvalue weighted by Crippen LogP contribution is -2.45. The van der Waals surface area contributed by atoms with Crippen molar-refractivity contribution in [3.63, 3.8) is 0 Å². The number of aliphatic hydroxyl groups is 2. The van der Waals surface area contributed by atoms with E-state index in [0.29, 0.717) is 6.42 Å².